The average molecular weight is 268 g/mol. The molecule has 1 N–H and O–H groups in total. The number of rotatable bonds is 6. The Morgan fingerprint density at radius 1 is 1.05 bits per heavy atom. The van der Waals surface area contributed by atoms with Crippen LogP contribution in [0.4, 0.5) is 4.39 Å². The maximum absolute atomic E-state index is 13.5. The van der Waals surface area contributed by atoms with Crippen LogP contribution in [0.5, 0.6) is 0 Å². The molecule has 0 aliphatic carbocycles. The van der Waals surface area contributed by atoms with Crippen LogP contribution in [0.25, 0.3) is 0 Å². The van der Waals surface area contributed by atoms with Crippen molar-refractivity contribution >= 4 is 0 Å². The van der Waals surface area contributed by atoms with Gasteiger partial charge in [-0.1, -0.05) is 48.5 Å². The van der Waals surface area contributed by atoms with Crippen molar-refractivity contribution in [1.82, 2.24) is 5.32 Å². The number of nitriles is 1. The van der Waals surface area contributed by atoms with Crippen molar-refractivity contribution in [3.63, 3.8) is 0 Å². The molecule has 20 heavy (non-hydrogen) atoms. The highest BCUT2D eigenvalue weighted by Gasteiger charge is 2.10. The summed E-state index contributed by atoms with van der Waals surface area (Å²) in [5.41, 5.74) is 1.78. The van der Waals surface area contributed by atoms with Crippen molar-refractivity contribution in [2.45, 2.75) is 18.9 Å². The number of halogens is 1. The lowest BCUT2D eigenvalue weighted by atomic mass is 10.0. The monoisotopic (exact) mass is 268 g/mol. The molecule has 0 radical (unpaired) electrons. The van der Waals surface area contributed by atoms with E-state index in [2.05, 4.69) is 11.4 Å². The van der Waals surface area contributed by atoms with E-state index in [9.17, 15) is 4.39 Å². The number of hydrogen-bond acceptors (Lipinski definition) is 2. The van der Waals surface area contributed by atoms with Crippen molar-refractivity contribution in [1.29, 1.82) is 5.26 Å². The van der Waals surface area contributed by atoms with Crippen LogP contribution in [-0.4, -0.2) is 6.54 Å². The SMILES string of the molecule is N#CCC(NCCc1ccccc1F)c1ccccc1. The standard InChI is InChI=1S/C17H17FN2/c18-16-9-5-4-6-14(16)11-13-20-17(10-12-19)15-7-2-1-3-8-15/h1-9,17,20H,10-11,13H2. The van der Waals surface area contributed by atoms with Gasteiger partial charge in [0.2, 0.25) is 0 Å². The maximum atomic E-state index is 13.5. The molecular formula is C17H17FN2. The van der Waals surface area contributed by atoms with Gasteiger partial charge in [-0.15, -0.1) is 0 Å². The zero-order chi connectivity index (χ0) is 14.2. The summed E-state index contributed by atoms with van der Waals surface area (Å²) in [5, 5.41) is 12.2. The van der Waals surface area contributed by atoms with Crippen molar-refractivity contribution < 1.29 is 4.39 Å². The summed E-state index contributed by atoms with van der Waals surface area (Å²) >= 11 is 0. The molecule has 3 heteroatoms. The fourth-order valence-electron chi connectivity index (χ4n) is 2.17. The van der Waals surface area contributed by atoms with Crippen LogP contribution in [0.15, 0.2) is 54.6 Å². The second kappa shape index (κ2) is 7.42. The Labute approximate surface area is 118 Å². The molecule has 0 aliphatic rings. The molecule has 1 atom stereocenters. The minimum atomic E-state index is -0.175. The highest BCUT2D eigenvalue weighted by Crippen LogP contribution is 2.16. The van der Waals surface area contributed by atoms with E-state index >= 15 is 0 Å². The molecule has 1 unspecified atom stereocenters. The third kappa shape index (κ3) is 3.91. The van der Waals surface area contributed by atoms with E-state index < -0.39 is 0 Å². The zero-order valence-electron chi connectivity index (χ0n) is 11.2. The van der Waals surface area contributed by atoms with Gasteiger partial charge in [0.1, 0.15) is 5.82 Å². The largest absolute Gasteiger partial charge is 0.309 e. The van der Waals surface area contributed by atoms with Crippen LogP contribution < -0.4 is 5.32 Å². The molecule has 0 spiro atoms. The van der Waals surface area contributed by atoms with Gasteiger partial charge < -0.3 is 5.32 Å². The van der Waals surface area contributed by atoms with Gasteiger partial charge in [-0.25, -0.2) is 4.39 Å². The van der Waals surface area contributed by atoms with Crippen LogP contribution >= 0.6 is 0 Å². The summed E-state index contributed by atoms with van der Waals surface area (Å²) in [6.45, 7) is 0.641. The first-order chi connectivity index (χ1) is 9.81. The molecule has 0 heterocycles. The third-order valence-electron chi connectivity index (χ3n) is 3.24. The third-order valence-corrected chi connectivity index (χ3v) is 3.24. The molecule has 0 saturated heterocycles. The summed E-state index contributed by atoms with van der Waals surface area (Å²) in [5.74, 6) is -0.175. The van der Waals surface area contributed by atoms with E-state index in [4.69, 9.17) is 5.26 Å². The summed E-state index contributed by atoms with van der Waals surface area (Å²) in [6.07, 6.45) is 1.02. The van der Waals surface area contributed by atoms with Gasteiger partial charge in [0.15, 0.2) is 0 Å². The minimum Gasteiger partial charge on any atom is -0.309 e. The molecule has 0 aliphatic heterocycles. The Bertz CT molecular complexity index is 575. The van der Waals surface area contributed by atoms with E-state index in [0.717, 1.165) is 5.56 Å². The molecule has 2 rings (SSSR count). The Morgan fingerprint density at radius 2 is 1.75 bits per heavy atom. The molecule has 0 bridgehead atoms. The van der Waals surface area contributed by atoms with Crippen LogP contribution in [0.2, 0.25) is 0 Å². The molecule has 2 aromatic carbocycles. The first-order valence-corrected chi connectivity index (χ1v) is 6.70. The molecule has 0 saturated carbocycles. The predicted molar refractivity (Wildman–Crippen MR) is 77.5 cm³/mol. The van der Waals surface area contributed by atoms with Crippen molar-refractivity contribution in [3.8, 4) is 6.07 Å². The Morgan fingerprint density at radius 3 is 2.45 bits per heavy atom. The highest BCUT2D eigenvalue weighted by molar-refractivity contribution is 5.21. The zero-order valence-corrected chi connectivity index (χ0v) is 11.2. The van der Waals surface area contributed by atoms with Crippen molar-refractivity contribution in [3.05, 3.63) is 71.5 Å². The Hall–Kier alpha value is -2.18. The topological polar surface area (TPSA) is 35.8 Å². The molecular weight excluding hydrogens is 251 g/mol. The highest BCUT2D eigenvalue weighted by atomic mass is 19.1. The molecule has 102 valence electrons. The lowest BCUT2D eigenvalue weighted by Crippen LogP contribution is -2.23. The van der Waals surface area contributed by atoms with E-state index in [1.54, 1.807) is 12.1 Å². The summed E-state index contributed by atoms with van der Waals surface area (Å²) in [4.78, 5) is 0. The maximum Gasteiger partial charge on any atom is 0.126 e. The molecule has 0 aromatic heterocycles. The lowest BCUT2D eigenvalue weighted by molar-refractivity contribution is 0.536. The van der Waals surface area contributed by atoms with Gasteiger partial charge in [0.05, 0.1) is 12.5 Å². The van der Waals surface area contributed by atoms with Crippen LogP contribution in [0.1, 0.15) is 23.6 Å². The lowest BCUT2D eigenvalue weighted by Gasteiger charge is -2.16. The second-order valence-corrected chi connectivity index (χ2v) is 4.62. The van der Waals surface area contributed by atoms with E-state index in [-0.39, 0.29) is 11.9 Å². The van der Waals surface area contributed by atoms with Crippen molar-refractivity contribution in [2.75, 3.05) is 6.54 Å². The van der Waals surface area contributed by atoms with E-state index in [1.807, 2.05) is 36.4 Å². The molecule has 2 aromatic rings. The Kier molecular flexibility index (Phi) is 5.28. The molecule has 2 nitrogen and oxygen atoms in total. The fraction of sp³-hybridized carbons (Fsp3) is 0.235. The first-order valence-electron chi connectivity index (χ1n) is 6.70. The van der Waals surface area contributed by atoms with Gasteiger partial charge in [0, 0.05) is 6.04 Å². The minimum absolute atomic E-state index is 0.00651. The first kappa shape index (κ1) is 14.2. The predicted octanol–water partition coefficient (Wildman–Crippen LogP) is 3.61. The molecule has 0 fully saturated rings. The summed E-state index contributed by atoms with van der Waals surface area (Å²) in [6, 6.07) is 18.8. The Balaban J connectivity index is 1.94. The van der Waals surface area contributed by atoms with Crippen LogP contribution in [0, 0.1) is 17.1 Å². The quantitative estimate of drug-likeness (QED) is 0.868. The molecule has 0 amide bonds. The van der Waals surface area contributed by atoms with E-state index in [0.29, 0.717) is 24.9 Å². The van der Waals surface area contributed by atoms with Crippen LogP contribution in [-0.2, 0) is 6.42 Å². The van der Waals surface area contributed by atoms with Crippen LogP contribution in [0.3, 0.4) is 0 Å². The second-order valence-electron chi connectivity index (χ2n) is 4.62. The van der Waals surface area contributed by atoms with Gasteiger partial charge in [-0.3, -0.25) is 0 Å². The van der Waals surface area contributed by atoms with Gasteiger partial charge >= 0.3 is 0 Å². The summed E-state index contributed by atoms with van der Waals surface area (Å²) in [7, 11) is 0. The van der Waals surface area contributed by atoms with Crippen molar-refractivity contribution in [2.24, 2.45) is 0 Å². The average Bonchev–Trinajstić information content (AvgIpc) is 2.49. The van der Waals surface area contributed by atoms with Gasteiger partial charge in [-0.05, 0) is 30.2 Å². The number of benzene rings is 2. The smallest absolute Gasteiger partial charge is 0.126 e. The normalized spacial score (nSPS) is 11.8. The number of nitrogens with zero attached hydrogens (tertiary/aromatic N) is 1. The number of hydrogen-bond donors (Lipinski definition) is 1. The van der Waals surface area contributed by atoms with Gasteiger partial charge in [0.25, 0.3) is 0 Å². The van der Waals surface area contributed by atoms with Gasteiger partial charge in [-0.2, -0.15) is 5.26 Å². The summed E-state index contributed by atoms with van der Waals surface area (Å²) < 4.78 is 13.5. The number of nitrogens with one attached hydrogen (secondary N) is 1. The van der Waals surface area contributed by atoms with E-state index in [1.165, 1.54) is 6.07 Å². The fourth-order valence-corrected chi connectivity index (χ4v) is 2.17.